The summed E-state index contributed by atoms with van der Waals surface area (Å²) in [4.78, 5) is 34.3. The van der Waals surface area contributed by atoms with Crippen LogP contribution in [0.3, 0.4) is 0 Å². The molecule has 0 spiro atoms. The van der Waals surface area contributed by atoms with Crippen molar-refractivity contribution in [2.75, 3.05) is 13.2 Å². The first kappa shape index (κ1) is 39.2. The van der Waals surface area contributed by atoms with Crippen molar-refractivity contribution < 1.29 is 28.5 Å². The van der Waals surface area contributed by atoms with Crippen LogP contribution in [0.2, 0.25) is 0 Å². The van der Waals surface area contributed by atoms with E-state index < -0.39 is 11.9 Å². The number of aliphatic imine (C=N–C) groups is 2. The van der Waals surface area contributed by atoms with Gasteiger partial charge in [0, 0.05) is 12.4 Å². The molecule has 278 valence electrons. The summed E-state index contributed by atoms with van der Waals surface area (Å²) in [6.45, 7) is 5.71. The molecule has 0 unspecified atom stereocenters. The van der Waals surface area contributed by atoms with Gasteiger partial charge in [0.15, 0.2) is 0 Å². The molecule has 8 nitrogen and oxygen atoms in total. The zero-order valence-corrected chi connectivity index (χ0v) is 31.1. The van der Waals surface area contributed by atoms with E-state index in [0.717, 1.165) is 59.7 Å². The number of hydrogen-bond donors (Lipinski definition) is 0. The number of unbranched alkanes of at least 4 members (excludes halogenated alkanes) is 6. The van der Waals surface area contributed by atoms with Crippen molar-refractivity contribution in [1.29, 1.82) is 0 Å². The number of hydrogen-bond acceptors (Lipinski definition) is 8. The quantitative estimate of drug-likeness (QED) is 0.0343. The number of esters is 2. The fraction of sp³-hybridized carbons (Fsp3) is 0.261. The van der Waals surface area contributed by atoms with Crippen LogP contribution in [-0.2, 0) is 0 Å². The molecular formula is C46H48N2O6. The van der Waals surface area contributed by atoms with Crippen molar-refractivity contribution in [1.82, 2.24) is 0 Å². The van der Waals surface area contributed by atoms with Crippen molar-refractivity contribution in [3.63, 3.8) is 0 Å². The van der Waals surface area contributed by atoms with Gasteiger partial charge in [-0.25, -0.2) is 9.59 Å². The first-order chi connectivity index (χ1) is 26.5. The molecular weight excluding hydrogens is 677 g/mol. The highest BCUT2D eigenvalue weighted by Crippen LogP contribution is 2.22. The summed E-state index contributed by atoms with van der Waals surface area (Å²) in [7, 11) is 0. The minimum atomic E-state index is -0.432. The molecule has 0 aromatic heterocycles. The van der Waals surface area contributed by atoms with Crippen LogP contribution in [0.25, 0.3) is 0 Å². The topological polar surface area (TPSA) is 95.8 Å². The van der Waals surface area contributed by atoms with Gasteiger partial charge in [-0.15, -0.1) is 0 Å². The normalized spacial score (nSPS) is 11.1. The molecule has 5 aromatic carbocycles. The van der Waals surface area contributed by atoms with E-state index in [1.54, 1.807) is 109 Å². The Morgan fingerprint density at radius 1 is 0.444 bits per heavy atom. The molecule has 8 heteroatoms. The molecule has 0 N–H and O–H groups in total. The van der Waals surface area contributed by atoms with E-state index in [2.05, 4.69) is 23.8 Å². The summed E-state index contributed by atoms with van der Waals surface area (Å²) in [6, 6.07) is 35.9. The first-order valence-corrected chi connectivity index (χ1v) is 18.8. The van der Waals surface area contributed by atoms with Crippen LogP contribution in [-0.4, -0.2) is 37.6 Å². The van der Waals surface area contributed by atoms with Crippen LogP contribution in [0.4, 0.5) is 11.4 Å². The van der Waals surface area contributed by atoms with E-state index in [9.17, 15) is 9.59 Å². The van der Waals surface area contributed by atoms with Gasteiger partial charge in [-0.05, 0) is 121 Å². The molecule has 0 saturated carbocycles. The molecule has 5 rings (SSSR count). The number of rotatable bonds is 20. The van der Waals surface area contributed by atoms with Crippen molar-refractivity contribution in [2.45, 2.75) is 65.2 Å². The molecule has 0 bridgehead atoms. The molecule has 0 radical (unpaired) electrons. The summed E-state index contributed by atoms with van der Waals surface area (Å²) in [5.41, 5.74) is 4.21. The van der Waals surface area contributed by atoms with E-state index in [1.165, 1.54) is 25.7 Å². The van der Waals surface area contributed by atoms with Crippen LogP contribution >= 0.6 is 0 Å². The minimum Gasteiger partial charge on any atom is -0.494 e. The van der Waals surface area contributed by atoms with E-state index in [0.29, 0.717) is 35.8 Å². The lowest BCUT2D eigenvalue weighted by molar-refractivity contribution is 0.0725. The molecule has 0 fully saturated rings. The Hall–Kier alpha value is -6.02. The van der Waals surface area contributed by atoms with Gasteiger partial charge in [-0.2, -0.15) is 0 Å². The molecule has 0 amide bonds. The number of ether oxygens (including phenoxy) is 4. The third-order valence-electron chi connectivity index (χ3n) is 8.47. The van der Waals surface area contributed by atoms with Gasteiger partial charge in [0.2, 0.25) is 0 Å². The lowest BCUT2D eigenvalue weighted by Crippen LogP contribution is -2.08. The number of benzene rings is 5. The Bertz CT molecular complexity index is 1790. The van der Waals surface area contributed by atoms with Crippen molar-refractivity contribution >= 4 is 35.7 Å². The monoisotopic (exact) mass is 724 g/mol. The van der Waals surface area contributed by atoms with Crippen LogP contribution in [0.1, 0.15) is 97.1 Å². The van der Waals surface area contributed by atoms with Crippen molar-refractivity contribution in [3.8, 4) is 23.0 Å². The van der Waals surface area contributed by atoms with Crippen LogP contribution in [0.15, 0.2) is 131 Å². The number of nitrogens with zero attached hydrogens (tertiary/aromatic N) is 2. The molecule has 0 aliphatic carbocycles. The highest BCUT2D eigenvalue weighted by molar-refractivity contribution is 5.92. The number of carbonyl (C=O) groups excluding carboxylic acids is 2. The van der Waals surface area contributed by atoms with Crippen LogP contribution in [0, 0.1) is 0 Å². The molecule has 54 heavy (non-hydrogen) atoms. The van der Waals surface area contributed by atoms with Crippen LogP contribution in [0.5, 0.6) is 23.0 Å². The summed E-state index contributed by atoms with van der Waals surface area (Å²) in [5.74, 6) is 1.51. The van der Waals surface area contributed by atoms with Gasteiger partial charge in [0.05, 0.1) is 35.7 Å². The smallest absolute Gasteiger partial charge is 0.343 e. The van der Waals surface area contributed by atoms with E-state index in [4.69, 9.17) is 18.9 Å². The SMILES string of the molecule is CCCCCCOc1ccc(C(=O)Oc2ccc(N=Cc3ccc(C=Nc4ccc(OC(=O)c5ccc(OCCCCCC)cc5)cc4)cc3)cc2)cc1. The predicted octanol–water partition coefficient (Wildman–Crippen LogP) is 11.5. The Morgan fingerprint density at radius 2 is 0.796 bits per heavy atom. The Balaban J connectivity index is 1.04. The first-order valence-electron chi connectivity index (χ1n) is 18.8. The maximum absolute atomic E-state index is 12.6. The maximum Gasteiger partial charge on any atom is 0.343 e. The molecule has 0 atom stereocenters. The predicted molar refractivity (Wildman–Crippen MR) is 216 cm³/mol. The van der Waals surface area contributed by atoms with Crippen molar-refractivity contribution in [3.05, 3.63) is 144 Å². The third kappa shape index (κ3) is 13.2. The van der Waals surface area contributed by atoms with Crippen LogP contribution < -0.4 is 18.9 Å². The number of carbonyl (C=O) groups is 2. The highest BCUT2D eigenvalue weighted by atomic mass is 16.5. The Morgan fingerprint density at radius 3 is 1.15 bits per heavy atom. The van der Waals surface area contributed by atoms with E-state index in [1.807, 2.05) is 24.3 Å². The van der Waals surface area contributed by atoms with Gasteiger partial charge < -0.3 is 18.9 Å². The summed E-state index contributed by atoms with van der Waals surface area (Å²) in [5, 5.41) is 0. The standard InChI is InChI=1S/C46H48N2O6/c1-3-5-7-9-31-51-41-23-15-37(16-24-41)45(49)53-43-27-19-39(20-28-43)47-33-35-11-13-36(14-12-35)34-48-40-21-29-44(30-22-40)54-46(50)38-17-25-42(26-18-38)52-32-10-8-6-4-2/h11-30,33-34H,3-10,31-32H2,1-2H3. The maximum atomic E-state index is 12.6. The molecule has 0 heterocycles. The summed E-state index contributed by atoms with van der Waals surface area (Å²) in [6.07, 6.45) is 12.7. The van der Waals surface area contributed by atoms with Gasteiger partial charge in [-0.3, -0.25) is 9.98 Å². The zero-order chi connectivity index (χ0) is 37.8. The molecule has 0 aliphatic heterocycles. The lowest BCUT2D eigenvalue weighted by Gasteiger charge is -2.08. The fourth-order valence-electron chi connectivity index (χ4n) is 5.31. The molecule has 0 saturated heterocycles. The summed E-state index contributed by atoms with van der Waals surface area (Å²) >= 11 is 0. The average Bonchev–Trinajstić information content (AvgIpc) is 3.21. The largest absolute Gasteiger partial charge is 0.494 e. The molecule has 0 aliphatic rings. The Kier molecular flexibility index (Phi) is 15.6. The Labute approximate surface area is 318 Å². The second-order valence-electron chi connectivity index (χ2n) is 12.8. The fourth-order valence-corrected chi connectivity index (χ4v) is 5.31. The average molecular weight is 725 g/mol. The second kappa shape index (κ2) is 21.5. The van der Waals surface area contributed by atoms with Gasteiger partial charge >= 0.3 is 11.9 Å². The zero-order valence-electron chi connectivity index (χ0n) is 31.1. The third-order valence-corrected chi connectivity index (χ3v) is 8.47. The van der Waals surface area contributed by atoms with Gasteiger partial charge in [-0.1, -0.05) is 76.6 Å². The summed E-state index contributed by atoms with van der Waals surface area (Å²) < 4.78 is 22.6. The van der Waals surface area contributed by atoms with Gasteiger partial charge in [0.1, 0.15) is 23.0 Å². The van der Waals surface area contributed by atoms with Crippen molar-refractivity contribution in [2.24, 2.45) is 9.98 Å². The van der Waals surface area contributed by atoms with E-state index in [-0.39, 0.29) is 0 Å². The lowest BCUT2D eigenvalue weighted by atomic mass is 10.1. The second-order valence-corrected chi connectivity index (χ2v) is 12.8. The minimum absolute atomic E-state index is 0.432. The van der Waals surface area contributed by atoms with E-state index >= 15 is 0 Å². The highest BCUT2D eigenvalue weighted by Gasteiger charge is 2.10. The van der Waals surface area contributed by atoms with Gasteiger partial charge in [0.25, 0.3) is 0 Å². The molecule has 5 aromatic rings.